The Hall–Kier alpha value is -4.12. The van der Waals surface area contributed by atoms with E-state index in [1.165, 1.54) is 51.9 Å². The van der Waals surface area contributed by atoms with Gasteiger partial charge in [-0.1, -0.05) is 30.3 Å². The molecule has 0 unspecified atom stereocenters. The molecule has 34 heavy (non-hydrogen) atoms. The molecule has 4 aromatic rings. The van der Waals surface area contributed by atoms with Crippen molar-refractivity contribution in [3.8, 4) is 5.69 Å². The quantitative estimate of drug-likeness (QED) is 0.320. The molecule has 1 amide bonds. The van der Waals surface area contributed by atoms with Crippen molar-refractivity contribution in [3.05, 3.63) is 101 Å². The van der Waals surface area contributed by atoms with Gasteiger partial charge in [-0.05, 0) is 24.6 Å². The molecular weight excluding hydrogens is 463 g/mol. The second kappa shape index (κ2) is 8.67. The van der Waals surface area contributed by atoms with Crippen LogP contribution in [-0.4, -0.2) is 39.0 Å². The first-order chi connectivity index (χ1) is 16.1. The molecular formula is C23H19FN4O5S. The van der Waals surface area contributed by atoms with Crippen LogP contribution in [0.1, 0.15) is 20.8 Å². The Balaban J connectivity index is 2.15. The van der Waals surface area contributed by atoms with Gasteiger partial charge in [-0.2, -0.15) is 0 Å². The third-order valence-corrected chi connectivity index (χ3v) is 6.72. The molecule has 0 fully saturated rings. The van der Waals surface area contributed by atoms with Crippen molar-refractivity contribution in [1.82, 2.24) is 14.0 Å². The van der Waals surface area contributed by atoms with E-state index in [9.17, 15) is 28.9 Å². The van der Waals surface area contributed by atoms with Crippen molar-refractivity contribution in [3.63, 3.8) is 0 Å². The molecule has 0 aliphatic heterocycles. The molecule has 4 rings (SSSR count). The van der Waals surface area contributed by atoms with Crippen LogP contribution >= 0.6 is 11.3 Å². The van der Waals surface area contributed by atoms with Crippen molar-refractivity contribution in [2.75, 3.05) is 14.1 Å². The Kier molecular flexibility index (Phi) is 5.88. The largest absolute Gasteiger partial charge is 0.344 e. The van der Waals surface area contributed by atoms with Gasteiger partial charge in [0.05, 0.1) is 21.7 Å². The first-order valence-electron chi connectivity index (χ1n) is 10.1. The van der Waals surface area contributed by atoms with Crippen molar-refractivity contribution < 1.29 is 14.1 Å². The maximum Gasteiger partial charge on any atom is 0.337 e. The smallest absolute Gasteiger partial charge is 0.337 e. The fourth-order valence-electron chi connectivity index (χ4n) is 3.71. The standard InChI is InChI=1S/C23H19FN4O5S/c1-13-18-20(29)27(16-10-6-7-11-17(16)28(32)33)23(31)26(12-14-8-4-5-9-15(14)24)22(18)34-19(13)21(30)25(2)3/h4-11H,12H2,1-3H3. The average Bonchev–Trinajstić information content (AvgIpc) is 3.14. The number of carbonyl (C=O) groups excluding carboxylic acids is 1. The van der Waals surface area contributed by atoms with Crippen LogP contribution in [0.5, 0.6) is 0 Å². The number of para-hydroxylation sites is 2. The molecule has 0 saturated carbocycles. The summed E-state index contributed by atoms with van der Waals surface area (Å²) in [6.45, 7) is 1.34. The number of hydrogen-bond donors (Lipinski definition) is 0. The first-order valence-corrected chi connectivity index (χ1v) is 10.9. The van der Waals surface area contributed by atoms with E-state index in [-0.39, 0.29) is 38.8 Å². The van der Waals surface area contributed by atoms with Crippen molar-refractivity contribution in [2.45, 2.75) is 13.5 Å². The Morgan fingerprint density at radius 1 is 1.12 bits per heavy atom. The number of nitro benzene ring substituents is 1. The SMILES string of the molecule is Cc1c(C(=O)N(C)C)sc2c1c(=O)n(-c1ccccc1[N+](=O)[O-])c(=O)n2Cc1ccccc1F. The molecule has 0 aliphatic rings. The highest BCUT2D eigenvalue weighted by atomic mass is 32.1. The molecule has 0 saturated heterocycles. The van der Waals surface area contributed by atoms with Crippen molar-refractivity contribution >= 4 is 33.1 Å². The van der Waals surface area contributed by atoms with E-state index < -0.39 is 27.7 Å². The number of nitrogens with zero attached hydrogens (tertiary/aromatic N) is 4. The Labute approximate surface area is 196 Å². The average molecular weight is 482 g/mol. The highest BCUT2D eigenvalue weighted by molar-refractivity contribution is 7.20. The number of aryl methyl sites for hydroxylation is 1. The van der Waals surface area contributed by atoms with Gasteiger partial charge < -0.3 is 4.90 Å². The molecule has 9 nitrogen and oxygen atoms in total. The van der Waals surface area contributed by atoms with Gasteiger partial charge in [0.25, 0.3) is 17.2 Å². The zero-order valence-electron chi connectivity index (χ0n) is 18.4. The Morgan fingerprint density at radius 2 is 1.76 bits per heavy atom. The lowest BCUT2D eigenvalue weighted by atomic mass is 10.1. The van der Waals surface area contributed by atoms with Gasteiger partial charge in [-0.25, -0.2) is 13.8 Å². The fourth-order valence-corrected chi connectivity index (χ4v) is 5.02. The predicted molar refractivity (Wildman–Crippen MR) is 127 cm³/mol. The number of aromatic nitrogens is 2. The van der Waals surface area contributed by atoms with Crippen LogP contribution in [0.2, 0.25) is 0 Å². The fraction of sp³-hybridized carbons (Fsp3) is 0.174. The van der Waals surface area contributed by atoms with E-state index in [0.29, 0.717) is 10.1 Å². The van der Waals surface area contributed by atoms with Crippen molar-refractivity contribution in [2.24, 2.45) is 0 Å². The minimum Gasteiger partial charge on any atom is -0.344 e. The van der Waals surface area contributed by atoms with Gasteiger partial charge in [0.2, 0.25) is 0 Å². The van der Waals surface area contributed by atoms with Crippen LogP contribution in [0.25, 0.3) is 15.9 Å². The van der Waals surface area contributed by atoms with E-state index in [4.69, 9.17) is 0 Å². The van der Waals surface area contributed by atoms with Gasteiger partial charge in [0.15, 0.2) is 0 Å². The molecule has 0 spiro atoms. The first kappa shape index (κ1) is 23.1. The lowest BCUT2D eigenvalue weighted by Crippen LogP contribution is -2.39. The zero-order valence-corrected chi connectivity index (χ0v) is 19.3. The summed E-state index contributed by atoms with van der Waals surface area (Å²) in [5.41, 5.74) is -1.77. The normalized spacial score (nSPS) is 11.1. The van der Waals surface area contributed by atoms with Crippen LogP contribution in [0, 0.1) is 22.9 Å². The second-order valence-corrected chi connectivity index (χ2v) is 8.78. The number of rotatable bonds is 5. The highest BCUT2D eigenvalue weighted by Gasteiger charge is 2.27. The minimum atomic E-state index is -0.875. The topological polar surface area (TPSA) is 107 Å². The predicted octanol–water partition coefficient (Wildman–Crippen LogP) is 3.32. The summed E-state index contributed by atoms with van der Waals surface area (Å²) in [5.74, 6) is -0.913. The molecule has 174 valence electrons. The Morgan fingerprint density at radius 3 is 2.41 bits per heavy atom. The summed E-state index contributed by atoms with van der Waals surface area (Å²) in [7, 11) is 3.12. The van der Waals surface area contributed by atoms with Crippen LogP contribution in [0.3, 0.4) is 0 Å². The molecule has 2 aromatic heterocycles. The van der Waals surface area contributed by atoms with E-state index in [2.05, 4.69) is 0 Å². The summed E-state index contributed by atoms with van der Waals surface area (Å²) in [6.07, 6.45) is 0. The molecule has 0 N–H and O–H groups in total. The number of nitro groups is 1. The van der Waals surface area contributed by atoms with Gasteiger partial charge >= 0.3 is 5.69 Å². The van der Waals surface area contributed by atoms with Gasteiger partial charge in [-0.15, -0.1) is 11.3 Å². The van der Waals surface area contributed by atoms with Gasteiger partial charge in [0.1, 0.15) is 16.3 Å². The molecule has 2 heterocycles. The van der Waals surface area contributed by atoms with Gasteiger partial charge in [-0.3, -0.25) is 24.3 Å². The third-order valence-electron chi connectivity index (χ3n) is 5.42. The second-order valence-electron chi connectivity index (χ2n) is 7.78. The number of benzene rings is 2. The van der Waals surface area contributed by atoms with Crippen LogP contribution in [0.4, 0.5) is 10.1 Å². The molecule has 0 atom stereocenters. The molecule has 0 aliphatic carbocycles. The lowest BCUT2D eigenvalue weighted by Gasteiger charge is -2.13. The summed E-state index contributed by atoms with van der Waals surface area (Å²) < 4.78 is 16.4. The molecule has 2 aromatic carbocycles. The molecule has 0 bridgehead atoms. The molecule has 0 radical (unpaired) electrons. The summed E-state index contributed by atoms with van der Waals surface area (Å²) in [6, 6.07) is 11.3. The van der Waals surface area contributed by atoms with Crippen LogP contribution < -0.4 is 11.2 Å². The summed E-state index contributed by atoms with van der Waals surface area (Å²) >= 11 is 0.957. The summed E-state index contributed by atoms with van der Waals surface area (Å²) in [4.78, 5) is 52.6. The number of halogens is 1. The lowest BCUT2D eigenvalue weighted by molar-refractivity contribution is -0.384. The number of thiophene rings is 1. The number of carbonyl (C=O) groups is 1. The van der Waals surface area contributed by atoms with Crippen LogP contribution in [0.15, 0.2) is 58.1 Å². The molecule has 11 heteroatoms. The highest BCUT2D eigenvalue weighted by Crippen LogP contribution is 2.30. The van der Waals surface area contributed by atoms with E-state index in [0.717, 1.165) is 11.3 Å². The van der Waals surface area contributed by atoms with E-state index in [1.54, 1.807) is 27.1 Å². The monoisotopic (exact) mass is 482 g/mol. The zero-order chi connectivity index (χ0) is 24.7. The maximum absolute atomic E-state index is 14.5. The summed E-state index contributed by atoms with van der Waals surface area (Å²) in [5, 5.41) is 11.7. The number of fused-ring (bicyclic) bond motifs is 1. The number of amides is 1. The Bertz CT molecular complexity index is 1580. The van der Waals surface area contributed by atoms with Gasteiger partial charge in [0, 0.05) is 25.7 Å². The van der Waals surface area contributed by atoms with Crippen LogP contribution in [-0.2, 0) is 6.54 Å². The van der Waals surface area contributed by atoms with Crippen molar-refractivity contribution in [1.29, 1.82) is 0 Å². The van der Waals surface area contributed by atoms with E-state index in [1.807, 2.05) is 0 Å². The minimum absolute atomic E-state index is 0.0734. The van der Waals surface area contributed by atoms with E-state index >= 15 is 0 Å². The maximum atomic E-state index is 14.5. The third kappa shape index (κ3) is 3.69. The number of hydrogen-bond acceptors (Lipinski definition) is 6.